The first-order valence-electron chi connectivity index (χ1n) is 8.99. The lowest BCUT2D eigenvalue weighted by molar-refractivity contribution is 0.342. The van der Waals surface area contributed by atoms with Crippen molar-refractivity contribution in [2.75, 3.05) is 33.2 Å². The van der Waals surface area contributed by atoms with Crippen LogP contribution in [-0.2, 0) is 6.54 Å². The Kier molecular flexibility index (Phi) is 6.18. The summed E-state index contributed by atoms with van der Waals surface area (Å²) in [5.74, 6) is -0.601. The highest BCUT2D eigenvalue weighted by atomic mass is 19.1. The van der Waals surface area contributed by atoms with E-state index in [0.717, 1.165) is 6.54 Å². The molecule has 0 amide bonds. The van der Waals surface area contributed by atoms with E-state index in [1.807, 2.05) is 18.9 Å². The van der Waals surface area contributed by atoms with Crippen LogP contribution in [0, 0.1) is 5.82 Å². The van der Waals surface area contributed by atoms with E-state index in [2.05, 4.69) is 25.9 Å². The summed E-state index contributed by atoms with van der Waals surface area (Å²) in [6.07, 6.45) is 4.84. The van der Waals surface area contributed by atoms with Crippen molar-refractivity contribution in [1.82, 2.24) is 30.8 Å². The molecule has 1 aromatic carbocycles. The Labute approximate surface area is 157 Å². The number of likely N-dealkylation sites (N-methyl/N-ethyl adjacent to an activating group) is 2. The van der Waals surface area contributed by atoms with Gasteiger partial charge in [0.25, 0.3) is 0 Å². The molecule has 0 aliphatic carbocycles. The number of nitrogens with zero attached hydrogens (tertiary/aromatic N) is 3. The first-order valence-corrected chi connectivity index (χ1v) is 8.99. The molecular weight excluding hydrogens is 350 g/mol. The van der Waals surface area contributed by atoms with Crippen LogP contribution in [0.4, 0.5) is 8.78 Å². The Morgan fingerprint density at radius 1 is 1.19 bits per heavy atom. The highest BCUT2D eigenvalue weighted by molar-refractivity contribution is 5.74. The third-order valence-electron chi connectivity index (χ3n) is 4.45. The molecule has 0 radical (unpaired) electrons. The van der Waals surface area contributed by atoms with Crippen molar-refractivity contribution in [3.05, 3.63) is 59.3 Å². The Balaban J connectivity index is 1.79. The van der Waals surface area contributed by atoms with Crippen molar-refractivity contribution in [2.24, 2.45) is 0 Å². The second-order valence-corrected chi connectivity index (χ2v) is 6.22. The van der Waals surface area contributed by atoms with Gasteiger partial charge in [-0.2, -0.15) is 0 Å². The van der Waals surface area contributed by atoms with Gasteiger partial charge in [0.15, 0.2) is 0 Å². The van der Waals surface area contributed by atoms with Gasteiger partial charge in [0, 0.05) is 56.4 Å². The molecular formula is C19H24F2N6. The molecule has 1 aromatic heterocycles. The van der Waals surface area contributed by atoms with Crippen LogP contribution in [0.1, 0.15) is 12.5 Å². The van der Waals surface area contributed by atoms with Gasteiger partial charge in [-0.1, -0.05) is 0 Å². The summed E-state index contributed by atoms with van der Waals surface area (Å²) in [4.78, 5) is 10.3. The molecule has 2 aromatic rings. The summed E-state index contributed by atoms with van der Waals surface area (Å²) in [7, 11) is 1.86. The predicted octanol–water partition coefficient (Wildman–Crippen LogP) is 2.03. The van der Waals surface area contributed by atoms with E-state index >= 15 is 0 Å². The monoisotopic (exact) mass is 374 g/mol. The van der Waals surface area contributed by atoms with Crippen LogP contribution in [0.15, 0.2) is 47.9 Å². The lowest BCUT2D eigenvalue weighted by Crippen LogP contribution is -2.37. The van der Waals surface area contributed by atoms with Crippen LogP contribution < -0.4 is 16.0 Å². The van der Waals surface area contributed by atoms with E-state index < -0.39 is 0 Å². The quantitative estimate of drug-likeness (QED) is 0.657. The van der Waals surface area contributed by atoms with Gasteiger partial charge in [-0.3, -0.25) is 9.97 Å². The summed E-state index contributed by atoms with van der Waals surface area (Å²) in [6.45, 7) is 4.43. The number of nitrogens with one attached hydrogen (secondary N) is 3. The first-order chi connectivity index (χ1) is 13.1. The highest BCUT2D eigenvalue weighted by Gasteiger charge is 2.21. The van der Waals surface area contributed by atoms with Crippen molar-refractivity contribution in [3.8, 4) is 0 Å². The van der Waals surface area contributed by atoms with Crippen LogP contribution in [0.5, 0.6) is 0 Å². The molecule has 6 nitrogen and oxygen atoms in total. The number of aromatic nitrogens is 2. The van der Waals surface area contributed by atoms with E-state index in [0.29, 0.717) is 41.1 Å². The SMILES string of the molecule is CCN(CCNC)C1=C(F)CNC=C1NCc1cc2nccnc2cc1F. The topological polar surface area (TPSA) is 65.1 Å². The van der Waals surface area contributed by atoms with Crippen LogP contribution in [-0.4, -0.2) is 48.1 Å². The number of rotatable bonds is 8. The van der Waals surface area contributed by atoms with Gasteiger partial charge in [-0.15, -0.1) is 0 Å². The van der Waals surface area contributed by atoms with Gasteiger partial charge < -0.3 is 20.9 Å². The fourth-order valence-corrected chi connectivity index (χ4v) is 3.05. The second-order valence-electron chi connectivity index (χ2n) is 6.22. The van der Waals surface area contributed by atoms with E-state index in [-0.39, 0.29) is 24.7 Å². The van der Waals surface area contributed by atoms with Gasteiger partial charge in [-0.25, -0.2) is 8.78 Å². The van der Waals surface area contributed by atoms with Crippen molar-refractivity contribution < 1.29 is 8.78 Å². The summed E-state index contributed by atoms with van der Waals surface area (Å²) in [6, 6.07) is 3.04. The van der Waals surface area contributed by atoms with Crippen molar-refractivity contribution in [1.29, 1.82) is 0 Å². The fourth-order valence-electron chi connectivity index (χ4n) is 3.05. The molecule has 3 N–H and O–H groups in total. The molecule has 0 spiro atoms. The summed E-state index contributed by atoms with van der Waals surface area (Å²) < 4.78 is 28.9. The molecule has 1 aliphatic heterocycles. The highest BCUT2D eigenvalue weighted by Crippen LogP contribution is 2.22. The summed E-state index contributed by atoms with van der Waals surface area (Å²) in [5, 5.41) is 9.16. The molecule has 8 heteroatoms. The minimum atomic E-state index is -0.367. The first kappa shape index (κ1) is 19.0. The Morgan fingerprint density at radius 2 is 1.93 bits per heavy atom. The second kappa shape index (κ2) is 8.77. The maximum atomic E-state index is 14.6. The van der Waals surface area contributed by atoms with Gasteiger partial charge in [-0.05, 0) is 20.0 Å². The number of dihydropyridines is 1. The molecule has 27 heavy (non-hydrogen) atoms. The van der Waals surface area contributed by atoms with Gasteiger partial charge >= 0.3 is 0 Å². The summed E-state index contributed by atoms with van der Waals surface area (Å²) in [5.41, 5.74) is 2.71. The number of halogens is 2. The number of hydrogen-bond acceptors (Lipinski definition) is 6. The minimum Gasteiger partial charge on any atom is -0.383 e. The Bertz CT molecular complexity index is 864. The van der Waals surface area contributed by atoms with Gasteiger partial charge in [0.1, 0.15) is 11.6 Å². The Morgan fingerprint density at radius 3 is 2.63 bits per heavy atom. The molecule has 0 fully saturated rings. The number of hydrogen-bond donors (Lipinski definition) is 3. The Hall–Kier alpha value is -2.74. The van der Waals surface area contributed by atoms with Gasteiger partial charge in [0.2, 0.25) is 0 Å². The maximum Gasteiger partial charge on any atom is 0.144 e. The van der Waals surface area contributed by atoms with Crippen molar-refractivity contribution >= 4 is 11.0 Å². The maximum absolute atomic E-state index is 14.6. The van der Waals surface area contributed by atoms with Gasteiger partial charge in [0.05, 0.1) is 29.0 Å². The summed E-state index contributed by atoms with van der Waals surface area (Å²) >= 11 is 0. The van der Waals surface area contributed by atoms with Crippen LogP contribution in [0.2, 0.25) is 0 Å². The van der Waals surface area contributed by atoms with Crippen molar-refractivity contribution in [2.45, 2.75) is 13.5 Å². The standard InChI is InChI=1S/C19H24F2N6/c1-3-27(7-6-22-2)19-15(21)11-23-12-18(19)26-10-13-8-16-17(9-14(13)20)25-5-4-24-16/h4-5,8-9,12,22-23,26H,3,6-7,10-11H2,1-2H3. The lowest BCUT2D eigenvalue weighted by Gasteiger charge is -2.31. The van der Waals surface area contributed by atoms with Crippen molar-refractivity contribution in [3.63, 3.8) is 0 Å². The zero-order chi connectivity index (χ0) is 19.2. The third-order valence-corrected chi connectivity index (χ3v) is 4.45. The van der Waals surface area contributed by atoms with E-state index in [9.17, 15) is 8.78 Å². The lowest BCUT2D eigenvalue weighted by atomic mass is 10.1. The molecule has 0 unspecified atom stereocenters. The van der Waals surface area contributed by atoms with E-state index in [4.69, 9.17) is 0 Å². The molecule has 2 heterocycles. The minimum absolute atomic E-state index is 0.149. The fraction of sp³-hybridized carbons (Fsp3) is 0.368. The predicted molar refractivity (Wildman–Crippen MR) is 102 cm³/mol. The zero-order valence-electron chi connectivity index (χ0n) is 15.5. The molecule has 0 saturated heterocycles. The third kappa shape index (κ3) is 4.33. The molecule has 1 aliphatic rings. The molecule has 0 bridgehead atoms. The van der Waals surface area contributed by atoms with Crippen LogP contribution >= 0.6 is 0 Å². The molecule has 0 atom stereocenters. The zero-order valence-corrected chi connectivity index (χ0v) is 15.5. The average molecular weight is 374 g/mol. The van der Waals surface area contributed by atoms with E-state index in [1.54, 1.807) is 18.5 Å². The number of benzene rings is 1. The molecule has 3 rings (SSSR count). The van der Waals surface area contributed by atoms with E-state index in [1.165, 1.54) is 12.3 Å². The molecule has 144 valence electrons. The normalized spacial score (nSPS) is 14.1. The number of fused-ring (bicyclic) bond motifs is 1. The van der Waals surface area contributed by atoms with Crippen LogP contribution in [0.25, 0.3) is 11.0 Å². The molecule has 0 saturated carbocycles. The average Bonchev–Trinajstić information content (AvgIpc) is 2.68. The van der Waals surface area contributed by atoms with Crippen LogP contribution in [0.3, 0.4) is 0 Å². The smallest absolute Gasteiger partial charge is 0.144 e. The largest absolute Gasteiger partial charge is 0.383 e.